The van der Waals surface area contributed by atoms with Crippen LogP contribution >= 0.6 is 0 Å². The summed E-state index contributed by atoms with van der Waals surface area (Å²) in [6.07, 6.45) is 2.93. The molecule has 3 heteroatoms. The van der Waals surface area contributed by atoms with Gasteiger partial charge in [0.1, 0.15) is 17.1 Å². The molecule has 0 N–H and O–H groups in total. The van der Waals surface area contributed by atoms with Crippen molar-refractivity contribution in [3.8, 4) is 17.1 Å². The van der Waals surface area contributed by atoms with E-state index in [-0.39, 0.29) is 5.43 Å². The van der Waals surface area contributed by atoms with E-state index in [1.54, 1.807) is 19.2 Å². The molecule has 0 bridgehead atoms. The lowest BCUT2D eigenvalue weighted by atomic mass is 10.0. The van der Waals surface area contributed by atoms with E-state index in [1.165, 1.54) is 5.57 Å². The van der Waals surface area contributed by atoms with E-state index in [9.17, 15) is 4.79 Å². The second-order valence-corrected chi connectivity index (χ2v) is 5.98. The summed E-state index contributed by atoms with van der Waals surface area (Å²) in [5.41, 5.74) is 3.75. The average molecular weight is 320 g/mol. The van der Waals surface area contributed by atoms with Gasteiger partial charge in [-0.3, -0.25) is 4.79 Å². The molecule has 0 aliphatic heterocycles. The molecule has 0 aliphatic rings. The number of benzene rings is 2. The largest absolute Gasteiger partial charge is 0.496 e. The molecule has 0 spiro atoms. The first-order chi connectivity index (χ1) is 11.6. The van der Waals surface area contributed by atoms with Gasteiger partial charge >= 0.3 is 0 Å². The van der Waals surface area contributed by atoms with Gasteiger partial charge in [-0.05, 0) is 56.2 Å². The minimum atomic E-state index is -0.0338. The first-order valence-electron chi connectivity index (χ1n) is 7.92. The van der Waals surface area contributed by atoms with Crippen molar-refractivity contribution in [2.45, 2.75) is 20.3 Å². The van der Waals surface area contributed by atoms with Crippen LogP contribution in [0, 0.1) is 0 Å². The number of allylic oxidation sites excluding steroid dienone is 2. The summed E-state index contributed by atoms with van der Waals surface area (Å²) in [7, 11) is 1.66. The highest BCUT2D eigenvalue weighted by Crippen LogP contribution is 2.28. The van der Waals surface area contributed by atoms with Gasteiger partial charge in [-0.25, -0.2) is 0 Å². The summed E-state index contributed by atoms with van der Waals surface area (Å²) in [5, 5.41) is 0.597. The second kappa shape index (κ2) is 6.75. The predicted octanol–water partition coefficient (Wildman–Crippen LogP) is 4.98. The SMILES string of the molecule is COc1ccc(-c2cc(=O)c3ccccc3o2)cc1CC=C(C)C. The van der Waals surface area contributed by atoms with Gasteiger partial charge in [0, 0.05) is 11.6 Å². The van der Waals surface area contributed by atoms with Crippen molar-refractivity contribution in [2.24, 2.45) is 0 Å². The summed E-state index contributed by atoms with van der Waals surface area (Å²) < 4.78 is 11.4. The number of rotatable bonds is 4. The van der Waals surface area contributed by atoms with E-state index in [1.807, 2.05) is 36.4 Å². The summed E-state index contributed by atoms with van der Waals surface area (Å²) in [6, 6.07) is 14.7. The molecule has 122 valence electrons. The maximum atomic E-state index is 12.3. The highest BCUT2D eigenvalue weighted by molar-refractivity contribution is 5.78. The van der Waals surface area contributed by atoms with E-state index in [0.717, 1.165) is 23.3 Å². The van der Waals surface area contributed by atoms with Gasteiger partial charge in [-0.1, -0.05) is 23.8 Å². The fourth-order valence-electron chi connectivity index (χ4n) is 2.65. The fraction of sp³-hybridized carbons (Fsp3) is 0.190. The number of ether oxygens (including phenoxy) is 1. The monoisotopic (exact) mass is 320 g/mol. The standard InChI is InChI=1S/C21H20O3/c1-14(2)8-9-15-12-16(10-11-19(15)23-3)21-13-18(22)17-6-4-5-7-20(17)24-21/h4-8,10-13H,9H2,1-3H3. The molecule has 24 heavy (non-hydrogen) atoms. The molecule has 0 saturated heterocycles. The van der Waals surface area contributed by atoms with Gasteiger partial charge in [0.15, 0.2) is 5.43 Å². The third kappa shape index (κ3) is 3.25. The molecule has 3 aromatic rings. The lowest BCUT2D eigenvalue weighted by molar-refractivity contribution is 0.410. The molecule has 0 fully saturated rings. The van der Waals surface area contributed by atoms with Crippen molar-refractivity contribution >= 4 is 11.0 Å². The van der Waals surface area contributed by atoms with E-state index < -0.39 is 0 Å². The number of fused-ring (bicyclic) bond motifs is 1. The van der Waals surface area contributed by atoms with Crippen LogP contribution in [0.25, 0.3) is 22.3 Å². The van der Waals surface area contributed by atoms with Crippen LogP contribution in [0.1, 0.15) is 19.4 Å². The summed E-state index contributed by atoms with van der Waals surface area (Å²) in [6.45, 7) is 4.14. The maximum absolute atomic E-state index is 12.3. The fourth-order valence-corrected chi connectivity index (χ4v) is 2.65. The zero-order valence-corrected chi connectivity index (χ0v) is 14.1. The minimum Gasteiger partial charge on any atom is -0.496 e. The molecule has 1 heterocycles. The Balaban J connectivity index is 2.11. The van der Waals surface area contributed by atoms with E-state index in [4.69, 9.17) is 9.15 Å². The Bertz CT molecular complexity index is 960. The van der Waals surface area contributed by atoms with Crippen molar-refractivity contribution in [1.82, 2.24) is 0 Å². The molecule has 2 aromatic carbocycles. The number of hydrogen-bond donors (Lipinski definition) is 0. The van der Waals surface area contributed by atoms with Gasteiger partial charge < -0.3 is 9.15 Å². The lowest BCUT2D eigenvalue weighted by Crippen LogP contribution is -2.00. The molecule has 3 nitrogen and oxygen atoms in total. The smallest absolute Gasteiger partial charge is 0.193 e. The van der Waals surface area contributed by atoms with E-state index >= 15 is 0 Å². The van der Waals surface area contributed by atoms with Crippen LogP contribution in [-0.2, 0) is 6.42 Å². The van der Waals surface area contributed by atoms with Gasteiger partial charge in [-0.2, -0.15) is 0 Å². The highest BCUT2D eigenvalue weighted by atomic mass is 16.5. The Morgan fingerprint density at radius 1 is 1.12 bits per heavy atom. The van der Waals surface area contributed by atoms with Crippen LogP contribution in [-0.4, -0.2) is 7.11 Å². The zero-order valence-electron chi connectivity index (χ0n) is 14.1. The average Bonchev–Trinajstić information content (AvgIpc) is 2.59. The van der Waals surface area contributed by atoms with Crippen molar-refractivity contribution in [1.29, 1.82) is 0 Å². The maximum Gasteiger partial charge on any atom is 0.193 e. The quantitative estimate of drug-likeness (QED) is 0.637. The third-order valence-corrected chi connectivity index (χ3v) is 3.93. The summed E-state index contributed by atoms with van der Waals surface area (Å²) >= 11 is 0. The molecule has 0 unspecified atom stereocenters. The normalized spacial score (nSPS) is 10.6. The first kappa shape index (κ1) is 16.1. The lowest BCUT2D eigenvalue weighted by Gasteiger charge is -2.10. The third-order valence-electron chi connectivity index (χ3n) is 3.93. The van der Waals surface area contributed by atoms with Gasteiger partial charge in [0.2, 0.25) is 0 Å². The molecule has 1 aromatic heterocycles. The topological polar surface area (TPSA) is 39.4 Å². The van der Waals surface area contributed by atoms with E-state index in [0.29, 0.717) is 16.7 Å². The van der Waals surface area contributed by atoms with Crippen LogP contribution in [0.4, 0.5) is 0 Å². The minimum absolute atomic E-state index is 0.0338. The second-order valence-electron chi connectivity index (χ2n) is 5.98. The Morgan fingerprint density at radius 3 is 2.67 bits per heavy atom. The Kier molecular flexibility index (Phi) is 4.52. The number of methoxy groups -OCH3 is 1. The van der Waals surface area contributed by atoms with Gasteiger partial charge in [0.25, 0.3) is 0 Å². The van der Waals surface area contributed by atoms with Crippen molar-refractivity contribution in [3.05, 3.63) is 76.0 Å². The van der Waals surface area contributed by atoms with Crippen LogP contribution in [0.5, 0.6) is 5.75 Å². The molecule has 0 amide bonds. The van der Waals surface area contributed by atoms with Gasteiger partial charge in [0.05, 0.1) is 12.5 Å². The van der Waals surface area contributed by atoms with Crippen LogP contribution in [0.2, 0.25) is 0 Å². The molecule has 3 rings (SSSR count). The van der Waals surface area contributed by atoms with Crippen molar-refractivity contribution < 1.29 is 9.15 Å². The Hall–Kier alpha value is -2.81. The molecular formula is C21H20O3. The van der Waals surface area contributed by atoms with E-state index in [2.05, 4.69) is 19.9 Å². The van der Waals surface area contributed by atoms with Crippen molar-refractivity contribution in [2.75, 3.05) is 7.11 Å². The molecule has 0 atom stereocenters. The van der Waals surface area contributed by atoms with Crippen LogP contribution < -0.4 is 10.2 Å². The summed E-state index contributed by atoms with van der Waals surface area (Å²) in [5.74, 6) is 1.40. The Morgan fingerprint density at radius 2 is 1.92 bits per heavy atom. The summed E-state index contributed by atoms with van der Waals surface area (Å²) in [4.78, 5) is 12.3. The molecular weight excluding hydrogens is 300 g/mol. The molecule has 0 saturated carbocycles. The Labute approximate surface area is 141 Å². The van der Waals surface area contributed by atoms with Gasteiger partial charge in [-0.15, -0.1) is 0 Å². The molecule has 0 radical (unpaired) electrons. The van der Waals surface area contributed by atoms with Crippen LogP contribution in [0.3, 0.4) is 0 Å². The predicted molar refractivity (Wildman–Crippen MR) is 97.6 cm³/mol. The number of para-hydroxylation sites is 1. The molecule has 0 aliphatic carbocycles. The first-order valence-corrected chi connectivity index (χ1v) is 7.92. The van der Waals surface area contributed by atoms with Crippen LogP contribution in [0.15, 0.2) is 69.4 Å². The highest BCUT2D eigenvalue weighted by Gasteiger charge is 2.09. The zero-order chi connectivity index (χ0) is 17.1. The van der Waals surface area contributed by atoms with Crippen molar-refractivity contribution in [3.63, 3.8) is 0 Å². The number of hydrogen-bond acceptors (Lipinski definition) is 3.